The molecule has 1 aromatic rings. The predicted molar refractivity (Wildman–Crippen MR) is 87.1 cm³/mol. The Morgan fingerprint density at radius 1 is 1.38 bits per heavy atom. The summed E-state index contributed by atoms with van der Waals surface area (Å²) in [4.78, 5) is 9.98. The van der Waals surface area contributed by atoms with E-state index in [4.69, 9.17) is 9.72 Å². The first kappa shape index (κ1) is 15.2. The van der Waals surface area contributed by atoms with Crippen LogP contribution in [-0.2, 0) is 11.3 Å². The molecule has 0 bridgehead atoms. The quantitative estimate of drug-likeness (QED) is 0.808. The summed E-state index contributed by atoms with van der Waals surface area (Å²) in [6, 6.07) is 0.750. The third-order valence-corrected chi connectivity index (χ3v) is 5.35. The molecule has 0 saturated carbocycles. The topological polar surface area (TPSA) is 40.6 Å². The molecule has 0 radical (unpaired) electrons. The molecule has 1 unspecified atom stereocenters. The lowest BCUT2D eigenvalue weighted by molar-refractivity contribution is 0.199. The molecule has 2 aliphatic rings. The van der Waals surface area contributed by atoms with Gasteiger partial charge in [0.2, 0.25) is 0 Å². The van der Waals surface area contributed by atoms with Crippen LogP contribution in [0.25, 0.3) is 0 Å². The van der Waals surface area contributed by atoms with Crippen LogP contribution in [0.4, 0.5) is 5.13 Å². The highest BCUT2D eigenvalue weighted by Crippen LogP contribution is 2.27. The van der Waals surface area contributed by atoms with Gasteiger partial charge in [-0.15, -0.1) is 11.3 Å². The van der Waals surface area contributed by atoms with Crippen molar-refractivity contribution >= 4 is 16.5 Å². The molecule has 5 nitrogen and oxygen atoms in total. The van der Waals surface area contributed by atoms with Crippen LogP contribution in [0.1, 0.15) is 25.0 Å². The normalized spacial score (nSPS) is 23.3. The van der Waals surface area contributed by atoms with Crippen molar-refractivity contribution in [2.75, 3.05) is 51.3 Å². The molecule has 0 aliphatic carbocycles. The van der Waals surface area contributed by atoms with Crippen LogP contribution < -0.4 is 10.2 Å². The van der Waals surface area contributed by atoms with Crippen LogP contribution in [0.3, 0.4) is 0 Å². The summed E-state index contributed by atoms with van der Waals surface area (Å²) in [7, 11) is 1.73. The molecule has 0 spiro atoms. The number of methoxy groups -OCH3 is 1. The van der Waals surface area contributed by atoms with Gasteiger partial charge >= 0.3 is 0 Å². The van der Waals surface area contributed by atoms with E-state index in [-0.39, 0.29) is 0 Å². The maximum absolute atomic E-state index is 5.04. The first-order valence-corrected chi connectivity index (χ1v) is 8.88. The molecular weight excluding hydrogens is 284 g/mol. The Balaban J connectivity index is 1.55. The van der Waals surface area contributed by atoms with Crippen LogP contribution in [0.5, 0.6) is 0 Å². The fourth-order valence-electron chi connectivity index (χ4n) is 3.29. The average molecular weight is 310 g/mol. The smallest absolute Gasteiger partial charge is 0.185 e. The number of aromatic nitrogens is 1. The molecule has 3 heterocycles. The fourth-order valence-corrected chi connectivity index (χ4v) is 4.16. The minimum Gasteiger partial charge on any atom is -0.383 e. The number of hydrogen-bond donors (Lipinski definition) is 1. The van der Waals surface area contributed by atoms with Crippen molar-refractivity contribution in [1.29, 1.82) is 0 Å². The molecule has 2 aliphatic heterocycles. The Bertz CT molecular complexity index is 439. The number of thiazole rings is 1. The van der Waals surface area contributed by atoms with E-state index in [1.165, 1.54) is 37.5 Å². The maximum atomic E-state index is 5.04. The molecule has 2 fully saturated rings. The zero-order chi connectivity index (χ0) is 14.5. The van der Waals surface area contributed by atoms with Crippen LogP contribution in [-0.4, -0.2) is 62.4 Å². The summed E-state index contributed by atoms with van der Waals surface area (Å²) >= 11 is 1.79. The van der Waals surface area contributed by atoms with Gasteiger partial charge in [0.1, 0.15) is 0 Å². The van der Waals surface area contributed by atoms with Crippen molar-refractivity contribution in [2.45, 2.75) is 31.8 Å². The van der Waals surface area contributed by atoms with Gasteiger partial charge < -0.3 is 15.0 Å². The van der Waals surface area contributed by atoms with Crippen molar-refractivity contribution in [2.24, 2.45) is 0 Å². The average Bonchev–Trinajstić information content (AvgIpc) is 3.09. The van der Waals surface area contributed by atoms with Gasteiger partial charge in [0, 0.05) is 51.3 Å². The first-order valence-electron chi connectivity index (χ1n) is 8.00. The van der Waals surface area contributed by atoms with E-state index in [1.807, 2.05) is 0 Å². The Kier molecular flexibility index (Phi) is 5.46. The molecule has 0 amide bonds. The van der Waals surface area contributed by atoms with E-state index in [0.717, 1.165) is 44.5 Å². The highest BCUT2D eigenvalue weighted by atomic mass is 32.1. The monoisotopic (exact) mass is 310 g/mol. The van der Waals surface area contributed by atoms with E-state index in [9.17, 15) is 0 Å². The molecule has 1 aromatic heterocycles. The van der Waals surface area contributed by atoms with E-state index >= 15 is 0 Å². The summed E-state index contributed by atoms with van der Waals surface area (Å²) < 4.78 is 5.04. The third kappa shape index (κ3) is 3.94. The summed E-state index contributed by atoms with van der Waals surface area (Å²) in [6.45, 7) is 7.33. The fraction of sp³-hybridized carbons (Fsp3) is 0.800. The van der Waals surface area contributed by atoms with Gasteiger partial charge in [-0.3, -0.25) is 4.90 Å². The van der Waals surface area contributed by atoms with Gasteiger partial charge in [0.05, 0.1) is 12.3 Å². The molecule has 21 heavy (non-hydrogen) atoms. The highest BCUT2D eigenvalue weighted by Gasteiger charge is 2.29. The molecule has 2 saturated heterocycles. The zero-order valence-corrected chi connectivity index (χ0v) is 13.7. The van der Waals surface area contributed by atoms with E-state index < -0.39 is 0 Å². The number of fused-ring (bicyclic) bond motifs is 1. The number of anilines is 1. The zero-order valence-electron chi connectivity index (χ0n) is 12.9. The minimum absolute atomic E-state index is 0.750. The van der Waals surface area contributed by atoms with Crippen molar-refractivity contribution in [3.8, 4) is 0 Å². The molecule has 3 rings (SSSR count). The Hall–Kier alpha value is -0.690. The Morgan fingerprint density at radius 2 is 2.29 bits per heavy atom. The van der Waals surface area contributed by atoms with Crippen LogP contribution in [0.15, 0.2) is 5.38 Å². The largest absolute Gasteiger partial charge is 0.383 e. The van der Waals surface area contributed by atoms with Gasteiger partial charge in [-0.1, -0.05) is 0 Å². The molecule has 1 N–H and O–H groups in total. The Labute approximate surface area is 131 Å². The summed E-state index contributed by atoms with van der Waals surface area (Å²) in [5, 5.41) is 6.75. The van der Waals surface area contributed by atoms with Crippen molar-refractivity contribution in [1.82, 2.24) is 15.2 Å². The van der Waals surface area contributed by atoms with E-state index in [2.05, 4.69) is 20.5 Å². The SMILES string of the molecule is COCCNCc1csc(N2CCCN3CCCC3C2)n1. The van der Waals surface area contributed by atoms with Gasteiger partial charge in [0.15, 0.2) is 5.13 Å². The summed E-state index contributed by atoms with van der Waals surface area (Å²) in [5.41, 5.74) is 1.15. The first-order chi connectivity index (χ1) is 10.4. The summed E-state index contributed by atoms with van der Waals surface area (Å²) in [6.07, 6.45) is 3.98. The lowest BCUT2D eigenvalue weighted by Gasteiger charge is -2.25. The molecule has 1 atom stereocenters. The molecular formula is C15H26N4OS. The lowest BCUT2D eigenvalue weighted by Crippen LogP contribution is -2.36. The highest BCUT2D eigenvalue weighted by molar-refractivity contribution is 7.13. The number of nitrogens with zero attached hydrogens (tertiary/aromatic N) is 3. The minimum atomic E-state index is 0.750. The van der Waals surface area contributed by atoms with Gasteiger partial charge in [-0.05, 0) is 25.8 Å². The van der Waals surface area contributed by atoms with Gasteiger partial charge in [-0.2, -0.15) is 0 Å². The third-order valence-electron chi connectivity index (χ3n) is 4.40. The molecule has 0 aromatic carbocycles. The van der Waals surface area contributed by atoms with Crippen molar-refractivity contribution in [3.05, 3.63) is 11.1 Å². The predicted octanol–water partition coefficient (Wildman–Crippen LogP) is 1.55. The Morgan fingerprint density at radius 3 is 3.19 bits per heavy atom. The second-order valence-electron chi connectivity index (χ2n) is 5.92. The second kappa shape index (κ2) is 7.54. The van der Waals surface area contributed by atoms with Gasteiger partial charge in [-0.25, -0.2) is 4.98 Å². The van der Waals surface area contributed by atoms with E-state index in [0.29, 0.717) is 0 Å². The summed E-state index contributed by atoms with van der Waals surface area (Å²) in [5.74, 6) is 0. The maximum Gasteiger partial charge on any atom is 0.185 e. The van der Waals surface area contributed by atoms with E-state index in [1.54, 1.807) is 18.4 Å². The number of nitrogens with one attached hydrogen (secondary N) is 1. The number of rotatable bonds is 6. The number of ether oxygens (including phenoxy) is 1. The number of hydrogen-bond acceptors (Lipinski definition) is 6. The van der Waals surface area contributed by atoms with Crippen LogP contribution in [0.2, 0.25) is 0 Å². The van der Waals surface area contributed by atoms with Crippen LogP contribution in [0, 0.1) is 0 Å². The standard InChI is InChI=1S/C15H26N4OS/c1-20-9-5-16-10-13-12-21-15(17-13)19-8-3-7-18-6-2-4-14(18)11-19/h12,14,16H,2-11H2,1H3. The van der Waals surface area contributed by atoms with Crippen molar-refractivity contribution in [3.63, 3.8) is 0 Å². The second-order valence-corrected chi connectivity index (χ2v) is 6.76. The molecule has 6 heteroatoms. The molecule has 118 valence electrons. The lowest BCUT2D eigenvalue weighted by atomic mass is 10.2. The van der Waals surface area contributed by atoms with Crippen molar-refractivity contribution < 1.29 is 4.74 Å². The van der Waals surface area contributed by atoms with Gasteiger partial charge in [0.25, 0.3) is 0 Å². The van der Waals surface area contributed by atoms with Crippen LogP contribution >= 0.6 is 11.3 Å².